The summed E-state index contributed by atoms with van der Waals surface area (Å²) in [4.78, 5) is 13.1. The Hall–Kier alpha value is -5.23. The number of nitrogens with zero attached hydrogens (tertiary/aromatic N) is 2. The number of anilines is 3. The largest absolute Gasteiger partial charge is 0.307 e. The molecule has 1 aromatic heterocycles. The molecule has 6 aromatic carbocycles. The van der Waals surface area contributed by atoms with E-state index in [9.17, 15) is 0 Å². The van der Waals surface area contributed by atoms with Crippen LogP contribution in [0.4, 0.5) is 17.1 Å². The molecule has 0 atom stereocenters. The lowest BCUT2D eigenvalue weighted by Crippen LogP contribution is -2.29. The Morgan fingerprint density at radius 2 is 0.978 bits per heavy atom. The summed E-state index contributed by atoms with van der Waals surface area (Å²) in [6.07, 6.45) is 3.87. The molecule has 10 rings (SSSR count). The molecular weight excluding hydrogens is 601 g/mol. The number of aromatic nitrogens is 1. The van der Waals surface area contributed by atoms with Crippen molar-refractivity contribution in [3.05, 3.63) is 158 Å². The van der Waals surface area contributed by atoms with Crippen molar-refractivity contribution in [2.75, 3.05) is 4.90 Å². The highest BCUT2D eigenvalue weighted by Gasteiger charge is 2.57. The van der Waals surface area contributed by atoms with Gasteiger partial charge in [0.2, 0.25) is 0 Å². The molecule has 218 valence electrons. The van der Waals surface area contributed by atoms with Gasteiger partial charge in [0.1, 0.15) is 0 Å². The molecular formula is C41H26N2OS2. The summed E-state index contributed by atoms with van der Waals surface area (Å²) in [5.74, 6) is 0. The van der Waals surface area contributed by atoms with Crippen LogP contribution in [0.25, 0.3) is 33.4 Å². The lowest BCUT2D eigenvalue weighted by atomic mass is 10.00. The summed E-state index contributed by atoms with van der Waals surface area (Å²) in [6.45, 7) is 0. The van der Waals surface area contributed by atoms with Crippen LogP contribution in [-0.4, -0.2) is 9.19 Å². The van der Waals surface area contributed by atoms with Gasteiger partial charge >= 0.3 is 0 Å². The van der Waals surface area contributed by atoms with Crippen LogP contribution in [0.5, 0.6) is 0 Å². The Kier molecular flexibility index (Phi) is 5.19. The van der Waals surface area contributed by atoms with Gasteiger partial charge in [-0.05, 0) is 88.5 Å². The van der Waals surface area contributed by atoms with Crippen molar-refractivity contribution in [3.8, 4) is 33.4 Å². The molecule has 3 aliphatic rings. The molecule has 7 aromatic rings. The quantitative estimate of drug-likeness (QED) is 0.191. The van der Waals surface area contributed by atoms with E-state index in [0.29, 0.717) is 0 Å². The van der Waals surface area contributed by atoms with Crippen molar-refractivity contribution < 1.29 is 4.21 Å². The van der Waals surface area contributed by atoms with Crippen LogP contribution in [0.2, 0.25) is 0 Å². The van der Waals surface area contributed by atoms with E-state index in [2.05, 4.69) is 120 Å². The number of rotatable bonds is 2. The highest BCUT2D eigenvalue weighted by atomic mass is 32.3. The van der Waals surface area contributed by atoms with E-state index in [-0.39, 0.29) is 0 Å². The van der Waals surface area contributed by atoms with Crippen molar-refractivity contribution in [1.82, 2.24) is 4.98 Å². The van der Waals surface area contributed by atoms with Crippen LogP contribution in [0.15, 0.2) is 187 Å². The SMILES string of the molecule is O=S12(c3ccccc3-c3ccccc31)c1ccccc1-c1cc(-c3cncc(N4c5ccccc5Sc5ccccc54)c3)ccc12. The molecule has 46 heavy (non-hydrogen) atoms. The second-order valence-electron chi connectivity index (χ2n) is 11.9. The van der Waals surface area contributed by atoms with E-state index in [4.69, 9.17) is 4.98 Å². The van der Waals surface area contributed by atoms with Gasteiger partial charge in [-0.15, -0.1) is 0 Å². The third kappa shape index (κ3) is 3.14. The number of pyridine rings is 1. The minimum absolute atomic E-state index is 0.888. The number of hydrogen-bond donors (Lipinski definition) is 0. The van der Waals surface area contributed by atoms with Crippen molar-refractivity contribution in [3.63, 3.8) is 0 Å². The zero-order valence-electron chi connectivity index (χ0n) is 24.6. The Morgan fingerprint density at radius 1 is 0.478 bits per heavy atom. The van der Waals surface area contributed by atoms with E-state index in [1.165, 1.54) is 9.79 Å². The van der Waals surface area contributed by atoms with Crippen LogP contribution in [0, 0.1) is 0 Å². The maximum Gasteiger partial charge on any atom is 0.0652 e. The van der Waals surface area contributed by atoms with E-state index in [1.54, 1.807) is 11.8 Å². The Labute approximate surface area is 271 Å². The zero-order chi connectivity index (χ0) is 30.5. The molecule has 0 saturated heterocycles. The Balaban J connectivity index is 1.19. The molecule has 4 heterocycles. The van der Waals surface area contributed by atoms with E-state index >= 15 is 4.21 Å². The fraction of sp³-hybridized carbons (Fsp3) is 0. The third-order valence-corrected chi connectivity index (χ3v) is 15.6. The molecule has 0 unspecified atom stereocenters. The predicted octanol–water partition coefficient (Wildman–Crippen LogP) is 11.0. The fourth-order valence-corrected chi connectivity index (χ4v) is 14.0. The number of hydrogen-bond acceptors (Lipinski definition) is 4. The lowest BCUT2D eigenvalue weighted by Gasteiger charge is -2.38. The molecule has 0 saturated carbocycles. The van der Waals surface area contributed by atoms with Gasteiger partial charge in [-0.25, -0.2) is 0 Å². The highest BCUT2D eigenvalue weighted by molar-refractivity contribution is 8.21. The second kappa shape index (κ2) is 9.16. The van der Waals surface area contributed by atoms with E-state index in [0.717, 1.165) is 70.0 Å². The summed E-state index contributed by atoms with van der Waals surface area (Å²) < 4.78 is 16.6. The maximum atomic E-state index is 16.6. The Bertz CT molecular complexity index is 2410. The standard InChI is InChI=1S/C41H26N2OS2/c44-46(38-18-8-1-11-30(38)31-12-2-9-19-39(31)46)40-20-10-3-13-32(40)33-24-27(21-22-41(33)46)28-23-29(26-42-25-28)43-34-14-4-6-16-36(34)45-37-17-7-5-15-35(37)43/h1-26H. The average molecular weight is 627 g/mol. The maximum absolute atomic E-state index is 16.6. The lowest BCUT2D eigenvalue weighted by molar-refractivity contribution is 0.658. The van der Waals surface area contributed by atoms with Crippen molar-refractivity contribution in [2.24, 2.45) is 0 Å². The van der Waals surface area contributed by atoms with Crippen LogP contribution in [0.1, 0.15) is 0 Å². The summed E-state index contributed by atoms with van der Waals surface area (Å²) in [5, 5.41) is 0. The molecule has 0 radical (unpaired) electrons. The van der Waals surface area contributed by atoms with Crippen LogP contribution >= 0.6 is 11.8 Å². The molecule has 1 spiro atoms. The first-order valence-corrected chi connectivity index (χ1v) is 18.1. The van der Waals surface area contributed by atoms with Gasteiger partial charge in [0.05, 0.1) is 23.3 Å². The predicted molar refractivity (Wildman–Crippen MR) is 187 cm³/mol. The molecule has 0 bridgehead atoms. The first-order valence-electron chi connectivity index (χ1n) is 15.4. The molecule has 0 aliphatic carbocycles. The van der Waals surface area contributed by atoms with Crippen LogP contribution < -0.4 is 4.90 Å². The smallest absolute Gasteiger partial charge is 0.0652 e. The number of benzene rings is 6. The second-order valence-corrected chi connectivity index (χ2v) is 16.7. The van der Waals surface area contributed by atoms with Crippen molar-refractivity contribution in [2.45, 2.75) is 29.4 Å². The first-order chi connectivity index (χ1) is 22.6. The van der Waals surface area contributed by atoms with Gasteiger partial charge in [-0.2, -0.15) is 0 Å². The van der Waals surface area contributed by atoms with Crippen molar-refractivity contribution >= 4 is 37.9 Å². The minimum atomic E-state index is -3.84. The summed E-state index contributed by atoms with van der Waals surface area (Å²) in [7, 11) is -3.84. The van der Waals surface area contributed by atoms with Gasteiger partial charge in [0.15, 0.2) is 0 Å². The summed E-state index contributed by atoms with van der Waals surface area (Å²) >= 11 is 1.80. The zero-order valence-corrected chi connectivity index (χ0v) is 26.3. The van der Waals surface area contributed by atoms with Gasteiger partial charge in [0.25, 0.3) is 0 Å². The monoisotopic (exact) mass is 626 g/mol. The molecule has 5 heteroatoms. The van der Waals surface area contributed by atoms with Crippen LogP contribution in [-0.2, 0) is 9.07 Å². The van der Waals surface area contributed by atoms with Crippen molar-refractivity contribution in [1.29, 1.82) is 0 Å². The molecule has 0 amide bonds. The number of fused-ring (bicyclic) bond motifs is 12. The van der Waals surface area contributed by atoms with Gasteiger partial charge < -0.3 is 4.90 Å². The van der Waals surface area contributed by atoms with Gasteiger partial charge in [-0.1, -0.05) is 96.7 Å². The van der Waals surface area contributed by atoms with Crippen LogP contribution in [0.3, 0.4) is 0 Å². The summed E-state index contributed by atoms with van der Waals surface area (Å²) in [6, 6.07) is 50.5. The molecule has 3 aliphatic heterocycles. The normalized spacial score (nSPS) is 16.3. The Morgan fingerprint density at radius 3 is 1.59 bits per heavy atom. The molecule has 0 N–H and O–H groups in total. The highest BCUT2D eigenvalue weighted by Crippen LogP contribution is 2.71. The summed E-state index contributed by atoms with van der Waals surface area (Å²) in [5.41, 5.74) is 9.50. The third-order valence-electron chi connectivity index (χ3n) is 9.65. The van der Waals surface area contributed by atoms with E-state index in [1.807, 2.05) is 42.7 Å². The van der Waals surface area contributed by atoms with Gasteiger partial charge in [-0.3, -0.25) is 9.19 Å². The topological polar surface area (TPSA) is 33.2 Å². The fourth-order valence-electron chi connectivity index (χ4n) is 7.75. The average Bonchev–Trinajstić information content (AvgIpc) is 3.51. The molecule has 0 fully saturated rings. The molecule has 3 nitrogen and oxygen atoms in total. The number of para-hydroxylation sites is 2. The first kappa shape index (κ1) is 26.0. The van der Waals surface area contributed by atoms with Gasteiger partial charge in [0, 0.05) is 50.2 Å². The van der Waals surface area contributed by atoms with E-state index < -0.39 is 9.07 Å². The minimum Gasteiger partial charge on any atom is -0.307 e.